The van der Waals surface area contributed by atoms with Crippen molar-refractivity contribution in [1.29, 1.82) is 0 Å². The summed E-state index contributed by atoms with van der Waals surface area (Å²) in [5.41, 5.74) is 11.6. The van der Waals surface area contributed by atoms with Crippen LogP contribution in [0.3, 0.4) is 0 Å². The van der Waals surface area contributed by atoms with Crippen molar-refractivity contribution in [3.8, 4) is 0 Å². The second-order valence-corrected chi connectivity index (χ2v) is 3.85. The van der Waals surface area contributed by atoms with Crippen LogP contribution in [0.1, 0.15) is 13.3 Å². The number of hydrogen-bond donors (Lipinski definition) is 2. The van der Waals surface area contributed by atoms with Crippen LogP contribution in [0.4, 0.5) is 10.1 Å². The number of halogens is 1. The molecule has 0 fully saturated rings. The van der Waals surface area contributed by atoms with Gasteiger partial charge in [-0.3, -0.25) is 4.79 Å². The number of nitrogens with two attached hydrogens (primary N) is 2. The van der Waals surface area contributed by atoms with E-state index in [1.807, 2.05) is 11.8 Å². The topological polar surface area (TPSA) is 72.3 Å². The number of primary amides is 1. The fourth-order valence-corrected chi connectivity index (χ4v) is 1.56. The van der Waals surface area contributed by atoms with Gasteiger partial charge in [-0.15, -0.1) is 0 Å². The van der Waals surface area contributed by atoms with E-state index in [4.69, 9.17) is 11.5 Å². The highest BCUT2D eigenvalue weighted by molar-refractivity contribution is 5.79. The molecule has 0 aliphatic heterocycles. The van der Waals surface area contributed by atoms with Gasteiger partial charge >= 0.3 is 0 Å². The summed E-state index contributed by atoms with van der Waals surface area (Å²) in [7, 11) is 0. The van der Waals surface area contributed by atoms with Crippen LogP contribution in [0.15, 0.2) is 24.3 Å². The molecule has 1 aromatic carbocycles. The molecule has 0 aliphatic carbocycles. The molecule has 1 aromatic rings. The van der Waals surface area contributed by atoms with Gasteiger partial charge in [-0.05, 0) is 37.6 Å². The second-order valence-electron chi connectivity index (χ2n) is 3.85. The van der Waals surface area contributed by atoms with E-state index in [0.29, 0.717) is 13.0 Å². The fourth-order valence-electron chi connectivity index (χ4n) is 1.56. The van der Waals surface area contributed by atoms with Gasteiger partial charge in [-0.1, -0.05) is 0 Å². The number of carbonyl (C=O) groups is 1. The normalized spacial score (nSPS) is 12.2. The van der Waals surface area contributed by atoms with Crippen molar-refractivity contribution in [2.75, 3.05) is 18.0 Å². The van der Waals surface area contributed by atoms with Crippen LogP contribution in [-0.4, -0.2) is 25.0 Å². The van der Waals surface area contributed by atoms with Crippen LogP contribution in [-0.2, 0) is 4.79 Å². The molecule has 94 valence electrons. The molecule has 4 N–H and O–H groups in total. The predicted molar refractivity (Wildman–Crippen MR) is 66.1 cm³/mol. The fraction of sp³-hybridized carbons (Fsp3) is 0.417. The summed E-state index contributed by atoms with van der Waals surface area (Å²) in [5, 5.41) is 0. The SMILES string of the molecule is CCN(CCC(N)C(N)=O)c1ccc(F)cc1. The summed E-state index contributed by atoms with van der Waals surface area (Å²) < 4.78 is 12.8. The molecule has 0 saturated carbocycles. The average molecular weight is 239 g/mol. The Kier molecular flexibility index (Phi) is 4.90. The Morgan fingerprint density at radius 1 is 1.41 bits per heavy atom. The molecular formula is C12H18FN3O. The zero-order valence-electron chi connectivity index (χ0n) is 9.90. The zero-order chi connectivity index (χ0) is 12.8. The number of hydrogen-bond acceptors (Lipinski definition) is 3. The lowest BCUT2D eigenvalue weighted by Crippen LogP contribution is -2.39. The largest absolute Gasteiger partial charge is 0.372 e. The summed E-state index contributed by atoms with van der Waals surface area (Å²) in [6.45, 7) is 3.36. The number of anilines is 1. The third kappa shape index (κ3) is 4.03. The highest BCUT2D eigenvalue weighted by atomic mass is 19.1. The van der Waals surface area contributed by atoms with Crippen molar-refractivity contribution in [1.82, 2.24) is 0 Å². The first-order valence-electron chi connectivity index (χ1n) is 5.60. The smallest absolute Gasteiger partial charge is 0.234 e. The minimum Gasteiger partial charge on any atom is -0.372 e. The number of amides is 1. The van der Waals surface area contributed by atoms with Crippen molar-refractivity contribution in [3.63, 3.8) is 0 Å². The lowest BCUT2D eigenvalue weighted by Gasteiger charge is -2.24. The molecule has 0 aliphatic rings. The van der Waals surface area contributed by atoms with Crippen molar-refractivity contribution >= 4 is 11.6 Å². The monoisotopic (exact) mass is 239 g/mol. The molecule has 17 heavy (non-hydrogen) atoms. The van der Waals surface area contributed by atoms with Crippen LogP contribution in [0.2, 0.25) is 0 Å². The standard InChI is InChI=1S/C12H18FN3O/c1-2-16(8-7-11(14)12(15)17)10-5-3-9(13)4-6-10/h3-6,11H,2,7-8,14H2,1H3,(H2,15,17). The summed E-state index contributed by atoms with van der Waals surface area (Å²) in [6, 6.07) is 5.59. The summed E-state index contributed by atoms with van der Waals surface area (Å²) in [4.78, 5) is 12.8. The molecule has 4 nitrogen and oxygen atoms in total. The van der Waals surface area contributed by atoms with E-state index in [0.717, 1.165) is 12.2 Å². The van der Waals surface area contributed by atoms with E-state index in [9.17, 15) is 9.18 Å². The number of carbonyl (C=O) groups excluding carboxylic acids is 1. The van der Waals surface area contributed by atoms with Crippen molar-refractivity contribution in [2.24, 2.45) is 11.5 Å². The van der Waals surface area contributed by atoms with Crippen LogP contribution >= 0.6 is 0 Å². The Hall–Kier alpha value is -1.62. The van der Waals surface area contributed by atoms with E-state index in [-0.39, 0.29) is 5.82 Å². The molecule has 0 saturated heterocycles. The maximum Gasteiger partial charge on any atom is 0.234 e. The first-order chi connectivity index (χ1) is 8.04. The van der Waals surface area contributed by atoms with Crippen molar-refractivity contribution in [3.05, 3.63) is 30.1 Å². The maximum atomic E-state index is 12.8. The number of nitrogens with zero attached hydrogens (tertiary/aromatic N) is 1. The molecule has 0 radical (unpaired) electrons. The lowest BCUT2D eigenvalue weighted by atomic mass is 10.2. The van der Waals surface area contributed by atoms with Crippen molar-refractivity contribution < 1.29 is 9.18 Å². The Labute approximate surface area is 100 Å². The number of rotatable bonds is 6. The summed E-state index contributed by atoms with van der Waals surface area (Å²) in [5.74, 6) is -0.765. The Morgan fingerprint density at radius 3 is 2.47 bits per heavy atom. The maximum absolute atomic E-state index is 12.8. The Bertz CT molecular complexity index is 367. The molecule has 1 amide bonds. The van der Waals surface area contributed by atoms with Gasteiger partial charge < -0.3 is 16.4 Å². The van der Waals surface area contributed by atoms with Gasteiger partial charge in [0.25, 0.3) is 0 Å². The molecule has 1 unspecified atom stereocenters. The van der Waals surface area contributed by atoms with Gasteiger partial charge in [0.2, 0.25) is 5.91 Å². The van der Waals surface area contributed by atoms with Crippen LogP contribution < -0.4 is 16.4 Å². The predicted octanol–water partition coefficient (Wildman–Crippen LogP) is 0.855. The molecule has 1 rings (SSSR count). The van der Waals surface area contributed by atoms with Crippen LogP contribution in [0, 0.1) is 5.82 Å². The average Bonchev–Trinajstić information content (AvgIpc) is 2.31. The number of benzene rings is 1. The van der Waals surface area contributed by atoms with E-state index in [1.54, 1.807) is 12.1 Å². The van der Waals surface area contributed by atoms with Gasteiger partial charge in [-0.2, -0.15) is 0 Å². The highest BCUT2D eigenvalue weighted by Crippen LogP contribution is 2.15. The van der Waals surface area contributed by atoms with E-state index >= 15 is 0 Å². The lowest BCUT2D eigenvalue weighted by molar-refractivity contribution is -0.119. The quantitative estimate of drug-likeness (QED) is 0.773. The van der Waals surface area contributed by atoms with Gasteiger partial charge in [0.1, 0.15) is 5.82 Å². The van der Waals surface area contributed by atoms with Gasteiger partial charge in [0.15, 0.2) is 0 Å². The third-order valence-electron chi connectivity index (χ3n) is 2.65. The Morgan fingerprint density at radius 2 is 2.00 bits per heavy atom. The first-order valence-corrected chi connectivity index (χ1v) is 5.60. The molecule has 0 heterocycles. The minimum atomic E-state index is -0.635. The molecule has 0 aromatic heterocycles. The highest BCUT2D eigenvalue weighted by Gasteiger charge is 2.11. The first kappa shape index (κ1) is 13.4. The van der Waals surface area contributed by atoms with E-state index in [2.05, 4.69) is 0 Å². The zero-order valence-corrected chi connectivity index (χ0v) is 9.90. The minimum absolute atomic E-state index is 0.265. The Balaban J connectivity index is 2.60. The van der Waals surface area contributed by atoms with Crippen LogP contribution in [0.25, 0.3) is 0 Å². The van der Waals surface area contributed by atoms with Crippen LogP contribution in [0.5, 0.6) is 0 Å². The summed E-state index contributed by atoms with van der Waals surface area (Å²) in [6.07, 6.45) is 0.487. The van der Waals surface area contributed by atoms with E-state index in [1.165, 1.54) is 12.1 Å². The molecular weight excluding hydrogens is 221 g/mol. The van der Waals surface area contributed by atoms with Gasteiger partial charge in [0, 0.05) is 18.8 Å². The third-order valence-corrected chi connectivity index (χ3v) is 2.65. The summed E-state index contributed by atoms with van der Waals surface area (Å²) >= 11 is 0. The van der Waals surface area contributed by atoms with E-state index < -0.39 is 11.9 Å². The molecule has 0 spiro atoms. The second kappa shape index (κ2) is 6.20. The molecule has 1 atom stereocenters. The van der Waals surface area contributed by atoms with Gasteiger partial charge in [-0.25, -0.2) is 4.39 Å². The molecule has 0 bridgehead atoms. The van der Waals surface area contributed by atoms with Gasteiger partial charge in [0.05, 0.1) is 6.04 Å². The van der Waals surface area contributed by atoms with Crippen molar-refractivity contribution in [2.45, 2.75) is 19.4 Å². The molecule has 5 heteroatoms.